The molecule has 2 aromatic rings. The second kappa shape index (κ2) is 5.42. The van der Waals surface area contributed by atoms with Gasteiger partial charge in [-0.15, -0.1) is 0 Å². The van der Waals surface area contributed by atoms with Crippen LogP contribution in [0.4, 0.5) is 0 Å². The highest BCUT2D eigenvalue weighted by Gasteiger charge is 2.41. The van der Waals surface area contributed by atoms with Gasteiger partial charge in [-0.2, -0.15) is 0 Å². The van der Waals surface area contributed by atoms with Crippen LogP contribution in [0.3, 0.4) is 0 Å². The van der Waals surface area contributed by atoms with Gasteiger partial charge in [0.15, 0.2) is 0 Å². The first-order valence-electron chi connectivity index (χ1n) is 8.37. The van der Waals surface area contributed by atoms with E-state index < -0.39 is 0 Å². The molecular weight excluding hydrogens is 256 g/mol. The number of benzene rings is 1. The van der Waals surface area contributed by atoms with Gasteiger partial charge < -0.3 is 5.32 Å². The number of nitrogens with one attached hydrogen (secondary N) is 1. The highest BCUT2D eigenvalue weighted by molar-refractivity contribution is 5.78. The number of aromatic nitrogens is 1. The van der Waals surface area contributed by atoms with Gasteiger partial charge in [0.1, 0.15) is 0 Å². The molecule has 2 aliphatic carbocycles. The molecule has 0 radical (unpaired) electrons. The quantitative estimate of drug-likeness (QED) is 0.910. The third-order valence-corrected chi connectivity index (χ3v) is 5.70. The standard InChI is InChI=1S/C19H24N2/c1-13(18-11-14-6-7-16(18)10-14)20-12-17-9-8-15-4-2-3-5-19(15)21-17/h2-5,8-9,13-14,16,18,20H,6-7,10-12H2,1H3. The molecule has 1 aromatic heterocycles. The monoisotopic (exact) mass is 280 g/mol. The first-order valence-corrected chi connectivity index (χ1v) is 8.37. The summed E-state index contributed by atoms with van der Waals surface area (Å²) < 4.78 is 0. The summed E-state index contributed by atoms with van der Waals surface area (Å²) in [7, 11) is 0. The summed E-state index contributed by atoms with van der Waals surface area (Å²) >= 11 is 0. The van der Waals surface area contributed by atoms with Gasteiger partial charge in [0.05, 0.1) is 11.2 Å². The zero-order valence-electron chi connectivity index (χ0n) is 12.8. The molecule has 110 valence electrons. The van der Waals surface area contributed by atoms with Crippen molar-refractivity contribution in [1.82, 2.24) is 10.3 Å². The zero-order valence-corrected chi connectivity index (χ0v) is 12.8. The van der Waals surface area contributed by atoms with Gasteiger partial charge in [-0.25, -0.2) is 0 Å². The summed E-state index contributed by atoms with van der Waals surface area (Å²) in [5.41, 5.74) is 2.26. The molecule has 1 N–H and O–H groups in total. The second-order valence-electron chi connectivity index (χ2n) is 7.00. The number of hydrogen-bond donors (Lipinski definition) is 1. The summed E-state index contributed by atoms with van der Waals surface area (Å²) in [4.78, 5) is 4.76. The average molecular weight is 280 g/mol. The number of hydrogen-bond acceptors (Lipinski definition) is 2. The Morgan fingerprint density at radius 2 is 2.05 bits per heavy atom. The van der Waals surface area contributed by atoms with Crippen LogP contribution >= 0.6 is 0 Å². The van der Waals surface area contributed by atoms with Crippen molar-refractivity contribution in [3.63, 3.8) is 0 Å². The van der Waals surface area contributed by atoms with E-state index in [0.717, 1.165) is 35.5 Å². The first-order chi connectivity index (χ1) is 10.3. The Morgan fingerprint density at radius 3 is 2.86 bits per heavy atom. The van der Waals surface area contributed by atoms with E-state index in [-0.39, 0.29) is 0 Å². The summed E-state index contributed by atoms with van der Waals surface area (Å²) in [6, 6.07) is 13.3. The fourth-order valence-corrected chi connectivity index (χ4v) is 4.53. The Kier molecular flexibility index (Phi) is 3.42. The summed E-state index contributed by atoms with van der Waals surface area (Å²) in [6.07, 6.45) is 5.89. The maximum absolute atomic E-state index is 4.76. The van der Waals surface area contributed by atoms with Crippen molar-refractivity contribution >= 4 is 10.9 Å². The van der Waals surface area contributed by atoms with Crippen molar-refractivity contribution in [2.24, 2.45) is 17.8 Å². The smallest absolute Gasteiger partial charge is 0.0705 e. The molecule has 21 heavy (non-hydrogen) atoms. The molecule has 4 atom stereocenters. The van der Waals surface area contributed by atoms with Gasteiger partial charge >= 0.3 is 0 Å². The molecule has 0 amide bonds. The predicted octanol–water partition coefficient (Wildman–Crippen LogP) is 4.15. The minimum absolute atomic E-state index is 0.619. The van der Waals surface area contributed by atoms with Gasteiger partial charge in [0, 0.05) is 18.0 Å². The van der Waals surface area contributed by atoms with E-state index in [4.69, 9.17) is 4.98 Å². The number of nitrogens with zero attached hydrogens (tertiary/aromatic N) is 1. The van der Waals surface area contributed by atoms with Crippen LogP contribution in [0.1, 0.15) is 38.3 Å². The number of rotatable bonds is 4. The van der Waals surface area contributed by atoms with Gasteiger partial charge in [-0.05, 0) is 56.1 Å². The van der Waals surface area contributed by atoms with Gasteiger partial charge in [0.25, 0.3) is 0 Å². The lowest BCUT2D eigenvalue weighted by Gasteiger charge is -2.28. The number of para-hydroxylation sites is 1. The largest absolute Gasteiger partial charge is 0.308 e. The van der Waals surface area contributed by atoms with E-state index in [0.29, 0.717) is 6.04 Å². The Labute approximate surface area is 127 Å². The van der Waals surface area contributed by atoms with Crippen LogP contribution in [0.2, 0.25) is 0 Å². The van der Waals surface area contributed by atoms with Crippen LogP contribution in [0, 0.1) is 17.8 Å². The minimum atomic E-state index is 0.619. The SMILES string of the molecule is CC(NCc1ccc2ccccc2n1)C1CC2CCC1C2. The van der Waals surface area contributed by atoms with E-state index in [1.54, 1.807) is 0 Å². The molecule has 4 rings (SSSR count). The van der Waals surface area contributed by atoms with Crippen LogP contribution in [0.25, 0.3) is 10.9 Å². The van der Waals surface area contributed by atoms with Gasteiger partial charge in [0.2, 0.25) is 0 Å². The number of pyridine rings is 1. The van der Waals surface area contributed by atoms with Crippen LogP contribution < -0.4 is 5.32 Å². The molecule has 4 unspecified atom stereocenters. The second-order valence-corrected chi connectivity index (χ2v) is 7.00. The molecule has 2 saturated carbocycles. The molecule has 2 nitrogen and oxygen atoms in total. The zero-order chi connectivity index (χ0) is 14.2. The molecule has 0 spiro atoms. The van der Waals surface area contributed by atoms with Crippen molar-refractivity contribution in [2.75, 3.05) is 0 Å². The fourth-order valence-electron chi connectivity index (χ4n) is 4.53. The Balaban J connectivity index is 1.41. The van der Waals surface area contributed by atoms with Crippen molar-refractivity contribution < 1.29 is 0 Å². The lowest BCUT2D eigenvalue weighted by Crippen LogP contribution is -2.36. The minimum Gasteiger partial charge on any atom is -0.308 e. The molecule has 2 heteroatoms. The topological polar surface area (TPSA) is 24.9 Å². The third-order valence-electron chi connectivity index (χ3n) is 5.70. The Hall–Kier alpha value is -1.41. The lowest BCUT2D eigenvalue weighted by atomic mass is 9.84. The number of fused-ring (bicyclic) bond motifs is 3. The van der Waals surface area contributed by atoms with E-state index >= 15 is 0 Å². The maximum Gasteiger partial charge on any atom is 0.0705 e. The summed E-state index contributed by atoms with van der Waals surface area (Å²) in [5, 5.41) is 4.95. The molecule has 2 bridgehead atoms. The lowest BCUT2D eigenvalue weighted by molar-refractivity contribution is 0.259. The van der Waals surface area contributed by atoms with Gasteiger partial charge in [-0.3, -0.25) is 4.98 Å². The molecule has 1 aromatic carbocycles. The third kappa shape index (κ3) is 2.57. The van der Waals surface area contributed by atoms with Crippen LogP contribution in [0.15, 0.2) is 36.4 Å². The van der Waals surface area contributed by atoms with E-state index in [2.05, 4.69) is 48.6 Å². The van der Waals surface area contributed by atoms with E-state index in [9.17, 15) is 0 Å². The van der Waals surface area contributed by atoms with Gasteiger partial charge in [-0.1, -0.05) is 30.7 Å². The van der Waals surface area contributed by atoms with Crippen molar-refractivity contribution in [2.45, 2.75) is 45.2 Å². The first kappa shape index (κ1) is 13.3. The molecular formula is C19H24N2. The maximum atomic E-state index is 4.76. The van der Waals surface area contributed by atoms with Crippen LogP contribution in [-0.4, -0.2) is 11.0 Å². The fraction of sp³-hybridized carbons (Fsp3) is 0.526. The Morgan fingerprint density at radius 1 is 1.14 bits per heavy atom. The molecule has 2 aliphatic rings. The molecule has 1 heterocycles. The molecule has 0 aliphatic heterocycles. The molecule has 2 fully saturated rings. The predicted molar refractivity (Wildman–Crippen MR) is 87.0 cm³/mol. The Bertz CT molecular complexity index is 636. The van der Waals surface area contributed by atoms with Crippen molar-refractivity contribution in [1.29, 1.82) is 0 Å². The summed E-state index contributed by atoms with van der Waals surface area (Å²) in [6.45, 7) is 3.26. The summed E-state index contributed by atoms with van der Waals surface area (Å²) in [5.74, 6) is 2.91. The van der Waals surface area contributed by atoms with Crippen molar-refractivity contribution in [3.05, 3.63) is 42.1 Å². The van der Waals surface area contributed by atoms with Crippen molar-refractivity contribution in [3.8, 4) is 0 Å². The highest BCUT2D eigenvalue weighted by Crippen LogP contribution is 2.49. The van der Waals surface area contributed by atoms with Crippen LogP contribution in [0.5, 0.6) is 0 Å². The van der Waals surface area contributed by atoms with E-state index in [1.165, 1.54) is 31.1 Å². The normalized spacial score (nSPS) is 29.1. The average Bonchev–Trinajstić information content (AvgIpc) is 3.15. The van der Waals surface area contributed by atoms with Crippen LogP contribution in [-0.2, 0) is 6.54 Å². The highest BCUT2D eigenvalue weighted by atomic mass is 14.9. The molecule has 0 saturated heterocycles. The van der Waals surface area contributed by atoms with E-state index in [1.807, 2.05) is 0 Å².